The zero-order chi connectivity index (χ0) is 11.5. The number of hydrogen-bond acceptors (Lipinski definition) is 6. The summed E-state index contributed by atoms with van der Waals surface area (Å²) in [6.07, 6.45) is 1.74. The second-order valence-corrected chi connectivity index (χ2v) is 5.90. The molecule has 1 N–H and O–H groups in total. The van der Waals surface area contributed by atoms with Crippen molar-refractivity contribution in [3.63, 3.8) is 0 Å². The third-order valence-electron chi connectivity index (χ3n) is 1.72. The molecule has 0 aliphatic carbocycles. The number of halogens is 1. The van der Waals surface area contributed by atoms with Crippen LogP contribution in [0.4, 0.5) is 5.95 Å². The molecule has 0 saturated carbocycles. The summed E-state index contributed by atoms with van der Waals surface area (Å²) in [6, 6.07) is 0. The minimum Gasteiger partial charge on any atom is -0.357 e. The first-order valence-corrected chi connectivity index (χ1v) is 6.98. The normalized spacial score (nSPS) is 10.4. The quantitative estimate of drug-likeness (QED) is 0.881. The monoisotopic (exact) mass is 316 g/mol. The maximum absolute atomic E-state index is 4.38. The van der Waals surface area contributed by atoms with Gasteiger partial charge in [0.25, 0.3) is 0 Å². The molecule has 0 bridgehead atoms. The van der Waals surface area contributed by atoms with Gasteiger partial charge in [-0.1, -0.05) is 0 Å². The molecule has 2 aromatic rings. The lowest BCUT2D eigenvalue weighted by atomic mass is 10.6. The fourth-order valence-corrected chi connectivity index (χ4v) is 3.17. The molecule has 7 heteroatoms. The van der Waals surface area contributed by atoms with Crippen molar-refractivity contribution in [3.8, 4) is 0 Å². The first-order valence-electron chi connectivity index (χ1n) is 4.49. The minimum absolute atomic E-state index is 0.610. The smallest absolute Gasteiger partial charge is 0.223 e. The summed E-state index contributed by atoms with van der Waals surface area (Å²) in [6.45, 7) is 1.98. The standard InChI is InChI=1S/C9H9BrN4S2/c1-5-4-15-9(13-5)16-7-6(10)3-12-8(11-2)14-7/h3-4H,1-2H3,(H,11,12,14). The van der Waals surface area contributed by atoms with Crippen molar-refractivity contribution < 1.29 is 0 Å². The Morgan fingerprint density at radius 1 is 1.44 bits per heavy atom. The predicted molar refractivity (Wildman–Crippen MR) is 70.3 cm³/mol. The van der Waals surface area contributed by atoms with E-state index in [0.29, 0.717) is 5.95 Å². The number of aryl methyl sites for hydroxylation is 1. The number of rotatable bonds is 3. The van der Waals surface area contributed by atoms with Crippen LogP contribution in [0, 0.1) is 6.92 Å². The summed E-state index contributed by atoms with van der Waals surface area (Å²) in [4.78, 5) is 12.8. The molecule has 84 valence electrons. The molecule has 0 aliphatic rings. The molecule has 0 fully saturated rings. The highest BCUT2D eigenvalue weighted by molar-refractivity contribution is 9.10. The van der Waals surface area contributed by atoms with Gasteiger partial charge in [0.05, 0.1) is 4.47 Å². The van der Waals surface area contributed by atoms with Gasteiger partial charge in [-0.05, 0) is 34.6 Å². The Labute approximate surface area is 110 Å². The molecular formula is C9H9BrN4S2. The zero-order valence-corrected chi connectivity index (χ0v) is 11.9. The average molecular weight is 317 g/mol. The Kier molecular flexibility index (Phi) is 3.78. The third kappa shape index (κ3) is 2.72. The minimum atomic E-state index is 0.610. The lowest BCUT2D eigenvalue weighted by Gasteiger charge is -2.03. The summed E-state index contributed by atoms with van der Waals surface area (Å²) in [5.74, 6) is 0.610. The van der Waals surface area contributed by atoms with E-state index in [1.54, 1.807) is 24.6 Å². The van der Waals surface area contributed by atoms with Crippen LogP contribution in [0.3, 0.4) is 0 Å². The van der Waals surface area contributed by atoms with Crippen molar-refractivity contribution in [2.75, 3.05) is 12.4 Å². The Morgan fingerprint density at radius 3 is 2.88 bits per heavy atom. The molecule has 2 rings (SSSR count). The van der Waals surface area contributed by atoms with E-state index in [1.165, 1.54) is 11.8 Å². The van der Waals surface area contributed by atoms with E-state index in [-0.39, 0.29) is 0 Å². The highest BCUT2D eigenvalue weighted by Crippen LogP contribution is 2.33. The van der Waals surface area contributed by atoms with Crippen LogP contribution in [-0.4, -0.2) is 22.0 Å². The van der Waals surface area contributed by atoms with E-state index in [1.807, 2.05) is 12.3 Å². The highest BCUT2D eigenvalue weighted by atomic mass is 79.9. The lowest BCUT2D eigenvalue weighted by Crippen LogP contribution is -1.96. The van der Waals surface area contributed by atoms with E-state index >= 15 is 0 Å². The van der Waals surface area contributed by atoms with Gasteiger partial charge in [-0.15, -0.1) is 11.3 Å². The SMILES string of the molecule is CNc1ncc(Br)c(Sc2nc(C)cs2)n1. The molecular weight excluding hydrogens is 308 g/mol. The van der Waals surface area contributed by atoms with Crippen molar-refractivity contribution >= 4 is 45.0 Å². The van der Waals surface area contributed by atoms with Gasteiger partial charge in [-0.3, -0.25) is 0 Å². The van der Waals surface area contributed by atoms with Gasteiger partial charge < -0.3 is 5.32 Å². The fourth-order valence-electron chi connectivity index (χ4n) is 1.01. The van der Waals surface area contributed by atoms with Crippen molar-refractivity contribution in [2.45, 2.75) is 16.3 Å². The van der Waals surface area contributed by atoms with E-state index in [9.17, 15) is 0 Å². The van der Waals surface area contributed by atoms with E-state index < -0.39 is 0 Å². The summed E-state index contributed by atoms with van der Waals surface area (Å²) < 4.78 is 1.86. The Hall–Kier alpha value is -0.660. The number of thiazole rings is 1. The second-order valence-electron chi connectivity index (χ2n) is 2.95. The maximum Gasteiger partial charge on any atom is 0.223 e. The molecule has 2 aromatic heterocycles. The van der Waals surface area contributed by atoms with Gasteiger partial charge in [0.1, 0.15) is 5.03 Å². The molecule has 0 aromatic carbocycles. The van der Waals surface area contributed by atoms with Crippen molar-refractivity contribution in [1.29, 1.82) is 0 Å². The molecule has 0 spiro atoms. The van der Waals surface area contributed by atoms with Gasteiger partial charge in [-0.25, -0.2) is 15.0 Å². The zero-order valence-electron chi connectivity index (χ0n) is 8.69. The molecule has 0 radical (unpaired) electrons. The molecule has 16 heavy (non-hydrogen) atoms. The molecule has 0 saturated heterocycles. The lowest BCUT2D eigenvalue weighted by molar-refractivity contribution is 1.02. The summed E-state index contributed by atoms with van der Waals surface area (Å²) in [5.41, 5.74) is 1.03. The Morgan fingerprint density at radius 2 is 2.25 bits per heavy atom. The Bertz CT molecular complexity index is 500. The fraction of sp³-hybridized carbons (Fsp3) is 0.222. The van der Waals surface area contributed by atoms with Gasteiger partial charge in [0, 0.05) is 24.3 Å². The highest BCUT2D eigenvalue weighted by Gasteiger charge is 2.08. The number of hydrogen-bond donors (Lipinski definition) is 1. The van der Waals surface area contributed by atoms with E-state index in [4.69, 9.17) is 0 Å². The first-order chi connectivity index (χ1) is 7.69. The number of nitrogens with one attached hydrogen (secondary N) is 1. The van der Waals surface area contributed by atoms with Crippen LogP contribution in [0.25, 0.3) is 0 Å². The van der Waals surface area contributed by atoms with Crippen LogP contribution in [0.15, 0.2) is 25.4 Å². The number of aromatic nitrogens is 3. The summed E-state index contributed by atoms with van der Waals surface area (Å²) in [5, 5.41) is 5.81. The molecule has 4 nitrogen and oxygen atoms in total. The van der Waals surface area contributed by atoms with Gasteiger partial charge >= 0.3 is 0 Å². The summed E-state index contributed by atoms with van der Waals surface area (Å²) in [7, 11) is 1.80. The summed E-state index contributed by atoms with van der Waals surface area (Å²) >= 11 is 6.58. The van der Waals surface area contributed by atoms with Gasteiger partial charge in [0.15, 0.2) is 4.34 Å². The third-order valence-corrected chi connectivity index (χ3v) is 4.62. The number of anilines is 1. The van der Waals surface area contributed by atoms with E-state index in [2.05, 4.69) is 36.2 Å². The van der Waals surface area contributed by atoms with Gasteiger partial charge in [0.2, 0.25) is 5.95 Å². The van der Waals surface area contributed by atoms with Crippen LogP contribution < -0.4 is 5.32 Å². The largest absolute Gasteiger partial charge is 0.357 e. The van der Waals surface area contributed by atoms with E-state index in [0.717, 1.165) is 19.5 Å². The molecule has 0 amide bonds. The Balaban J connectivity index is 2.26. The van der Waals surface area contributed by atoms with Crippen LogP contribution in [-0.2, 0) is 0 Å². The predicted octanol–water partition coefficient (Wildman–Crippen LogP) is 3.20. The number of nitrogens with zero attached hydrogens (tertiary/aromatic N) is 3. The topological polar surface area (TPSA) is 50.7 Å². The van der Waals surface area contributed by atoms with Crippen LogP contribution in [0.5, 0.6) is 0 Å². The second kappa shape index (κ2) is 5.11. The molecule has 0 unspecified atom stereocenters. The van der Waals surface area contributed by atoms with Crippen molar-refractivity contribution in [1.82, 2.24) is 15.0 Å². The van der Waals surface area contributed by atoms with Crippen LogP contribution >= 0.6 is 39.0 Å². The van der Waals surface area contributed by atoms with Crippen LogP contribution in [0.2, 0.25) is 0 Å². The maximum atomic E-state index is 4.38. The molecule has 2 heterocycles. The van der Waals surface area contributed by atoms with Crippen molar-refractivity contribution in [3.05, 3.63) is 21.7 Å². The van der Waals surface area contributed by atoms with Gasteiger partial charge in [-0.2, -0.15) is 0 Å². The average Bonchev–Trinajstić information content (AvgIpc) is 2.67. The first kappa shape index (κ1) is 11.8. The van der Waals surface area contributed by atoms with Crippen LogP contribution in [0.1, 0.15) is 5.69 Å². The van der Waals surface area contributed by atoms with Crippen molar-refractivity contribution in [2.24, 2.45) is 0 Å². The molecule has 0 atom stereocenters. The molecule has 0 aliphatic heterocycles.